The number of anilines is 1. The van der Waals surface area contributed by atoms with Gasteiger partial charge in [-0.2, -0.15) is 0 Å². The zero-order valence-electron chi connectivity index (χ0n) is 17.2. The number of hydrogen-bond donors (Lipinski definition) is 3. The summed E-state index contributed by atoms with van der Waals surface area (Å²) in [7, 11) is 3.33. The van der Waals surface area contributed by atoms with Gasteiger partial charge in [-0.15, -0.1) is 0 Å². The summed E-state index contributed by atoms with van der Waals surface area (Å²) in [4.78, 5) is 12.4. The largest absolute Gasteiger partial charge is 0.495 e. The number of nitrogens with one attached hydrogen (secondary N) is 2. The number of methoxy groups -OCH3 is 1. The minimum Gasteiger partial charge on any atom is -0.495 e. The topological polar surface area (TPSA) is 89.1 Å². The van der Waals surface area contributed by atoms with Gasteiger partial charge in [0.1, 0.15) is 23.2 Å². The molecule has 1 aliphatic heterocycles. The molecule has 0 spiro atoms. The van der Waals surface area contributed by atoms with E-state index in [1.807, 2.05) is 30.3 Å². The number of aliphatic hydroxyl groups excluding tert-OH is 1. The Morgan fingerprint density at radius 3 is 2.62 bits per heavy atom. The van der Waals surface area contributed by atoms with E-state index in [2.05, 4.69) is 10.6 Å². The molecular formula is C22H28N2O5. The fourth-order valence-corrected chi connectivity index (χ4v) is 3.37. The molecule has 1 aliphatic rings. The van der Waals surface area contributed by atoms with Gasteiger partial charge >= 0.3 is 6.09 Å². The van der Waals surface area contributed by atoms with Gasteiger partial charge in [-0.1, -0.05) is 30.3 Å². The summed E-state index contributed by atoms with van der Waals surface area (Å²) in [5, 5.41) is 16.6. The van der Waals surface area contributed by atoms with Gasteiger partial charge in [-0.05, 0) is 31.9 Å². The van der Waals surface area contributed by atoms with Crippen LogP contribution < -0.4 is 20.1 Å². The molecule has 0 saturated carbocycles. The van der Waals surface area contributed by atoms with E-state index >= 15 is 0 Å². The van der Waals surface area contributed by atoms with Gasteiger partial charge in [0.25, 0.3) is 0 Å². The van der Waals surface area contributed by atoms with Gasteiger partial charge in [0, 0.05) is 25.2 Å². The van der Waals surface area contributed by atoms with Crippen LogP contribution in [-0.2, 0) is 11.2 Å². The monoisotopic (exact) mass is 400 g/mol. The van der Waals surface area contributed by atoms with Crippen LogP contribution in [-0.4, -0.2) is 43.6 Å². The lowest BCUT2D eigenvalue weighted by Gasteiger charge is -2.41. The highest BCUT2D eigenvalue weighted by atomic mass is 16.6. The Morgan fingerprint density at radius 2 is 1.97 bits per heavy atom. The minimum absolute atomic E-state index is 0.431. The number of amides is 1. The fourth-order valence-electron chi connectivity index (χ4n) is 3.37. The van der Waals surface area contributed by atoms with Gasteiger partial charge in [0.2, 0.25) is 0 Å². The highest BCUT2D eigenvalue weighted by Gasteiger charge is 2.45. The van der Waals surface area contributed by atoms with Gasteiger partial charge in [0.15, 0.2) is 6.10 Å². The zero-order valence-corrected chi connectivity index (χ0v) is 17.2. The number of rotatable bonds is 6. The number of alkyl carbamates (subject to hydrolysis) is 1. The van der Waals surface area contributed by atoms with Crippen LogP contribution in [0.3, 0.4) is 0 Å². The van der Waals surface area contributed by atoms with Crippen LogP contribution in [0.15, 0.2) is 42.5 Å². The van der Waals surface area contributed by atoms with Crippen molar-refractivity contribution in [1.82, 2.24) is 5.32 Å². The summed E-state index contributed by atoms with van der Waals surface area (Å²) in [5.74, 6) is 1.10. The molecule has 1 heterocycles. The highest BCUT2D eigenvalue weighted by molar-refractivity contribution is 5.69. The number of carbonyl (C=O) groups excluding carboxylic acids is 1. The van der Waals surface area contributed by atoms with Crippen molar-refractivity contribution in [2.75, 3.05) is 26.0 Å². The SMILES string of the molecule is CNc1cc2c(cc1OC)[C@H](OC(=O)NCCc1ccccc1)[C@@H](O)C(C)(C)O2. The van der Waals surface area contributed by atoms with E-state index < -0.39 is 23.9 Å². The molecule has 3 N–H and O–H groups in total. The third-order valence-corrected chi connectivity index (χ3v) is 5.04. The minimum atomic E-state index is -1.04. The highest BCUT2D eigenvalue weighted by Crippen LogP contribution is 2.45. The van der Waals surface area contributed by atoms with Gasteiger partial charge in [-0.3, -0.25) is 0 Å². The van der Waals surface area contributed by atoms with Crippen molar-refractivity contribution in [2.45, 2.75) is 38.1 Å². The lowest BCUT2D eigenvalue weighted by molar-refractivity contribution is -0.113. The third kappa shape index (κ3) is 4.56. The van der Waals surface area contributed by atoms with E-state index in [-0.39, 0.29) is 0 Å². The molecule has 2 aromatic carbocycles. The Hall–Kier alpha value is -2.93. The van der Waals surface area contributed by atoms with Gasteiger partial charge < -0.3 is 30.0 Å². The molecule has 0 saturated heterocycles. The van der Waals surface area contributed by atoms with E-state index in [9.17, 15) is 9.90 Å². The first-order valence-corrected chi connectivity index (χ1v) is 9.61. The molecule has 7 heteroatoms. The maximum Gasteiger partial charge on any atom is 0.407 e. The first-order valence-electron chi connectivity index (χ1n) is 9.61. The molecule has 7 nitrogen and oxygen atoms in total. The van der Waals surface area contributed by atoms with Gasteiger partial charge in [0.05, 0.1) is 12.8 Å². The number of ether oxygens (including phenoxy) is 3. The number of aliphatic hydroxyl groups is 1. The zero-order chi connectivity index (χ0) is 21.0. The lowest BCUT2D eigenvalue weighted by atomic mass is 9.88. The molecule has 2 aromatic rings. The average molecular weight is 400 g/mol. The van der Waals surface area contributed by atoms with Crippen molar-refractivity contribution in [2.24, 2.45) is 0 Å². The van der Waals surface area contributed by atoms with Crippen LogP contribution in [0.2, 0.25) is 0 Å². The van der Waals surface area contributed by atoms with Crippen LogP contribution in [0.5, 0.6) is 11.5 Å². The second-order valence-electron chi connectivity index (χ2n) is 7.48. The molecule has 1 amide bonds. The van der Waals surface area contributed by atoms with Crippen LogP contribution >= 0.6 is 0 Å². The molecule has 2 atom stereocenters. The van der Waals surface area contributed by atoms with E-state index in [0.29, 0.717) is 30.0 Å². The number of benzene rings is 2. The van der Waals surface area contributed by atoms with Crippen LogP contribution in [0.4, 0.5) is 10.5 Å². The summed E-state index contributed by atoms with van der Waals surface area (Å²) in [6.07, 6.45) is -1.83. The van der Waals surface area contributed by atoms with Crippen molar-refractivity contribution in [3.8, 4) is 11.5 Å². The Kier molecular flexibility index (Phi) is 6.17. The quantitative estimate of drug-likeness (QED) is 0.690. The molecule has 0 aliphatic carbocycles. The van der Waals surface area contributed by atoms with Crippen molar-refractivity contribution in [1.29, 1.82) is 0 Å². The first kappa shape index (κ1) is 20.8. The third-order valence-electron chi connectivity index (χ3n) is 5.04. The Morgan fingerprint density at radius 1 is 1.24 bits per heavy atom. The van der Waals surface area contributed by atoms with Crippen LogP contribution in [0.25, 0.3) is 0 Å². The Labute approximate surface area is 171 Å². The fraction of sp³-hybridized carbons (Fsp3) is 0.409. The molecule has 0 radical (unpaired) electrons. The molecule has 29 heavy (non-hydrogen) atoms. The first-order chi connectivity index (χ1) is 13.9. The second kappa shape index (κ2) is 8.61. The molecular weight excluding hydrogens is 372 g/mol. The summed E-state index contributed by atoms with van der Waals surface area (Å²) < 4.78 is 17.0. The van der Waals surface area contributed by atoms with Crippen molar-refractivity contribution in [3.05, 3.63) is 53.6 Å². The Bertz CT molecular complexity index is 854. The van der Waals surface area contributed by atoms with E-state index in [1.165, 1.54) is 0 Å². The number of carbonyl (C=O) groups is 1. The van der Waals surface area contributed by atoms with Crippen molar-refractivity contribution < 1.29 is 24.1 Å². The molecule has 0 fully saturated rings. The summed E-state index contributed by atoms with van der Waals surface area (Å²) in [6.45, 7) is 3.95. The van der Waals surface area contributed by atoms with E-state index in [0.717, 1.165) is 11.3 Å². The molecule has 3 rings (SSSR count). The number of hydrogen-bond acceptors (Lipinski definition) is 6. The average Bonchev–Trinajstić information content (AvgIpc) is 2.71. The summed E-state index contributed by atoms with van der Waals surface area (Å²) in [6, 6.07) is 13.4. The van der Waals surface area contributed by atoms with Crippen molar-refractivity contribution in [3.63, 3.8) is 0 Å². The lowest BCUT2D eigenvalue weighted by Crippen LogP contribution is -2.50. The van der Waals surface area contributed by atoms with E-state index in [4.69, 9.17) is 14.2 Å². The standard InChI is InChI=1S/C22H28N2O5/c1-22(2)20(25)19(15-12-18(27-4)16(23-3)13-17(15)29-22)28-21(26)24-11-10-14-8-6-5-7-9-14/h5-9,12-13,19-20,23,25H,10-11H2,1-4H3,(H,24,26)/t19-,20+/m0/s1. The normalized spacial score (nSPS) is 19.5. The molecule has 0 bridgehead atoms. The van der Waals surface area contributed by atoms with E-state index in [1.54, 1.807) is 40.1 Å². The summed E-state index contributed by atoms with van der Waals surface area (Å²) >= 11 is 0. The predicted octanol–water partition coefficient (Wildman–Crippen LogP) is 3.28. The van der Waals surface area contributed by atoms with Crippen molar-refractivity contribution >= 4 is 11.8 Å². The number of fused-ring (bicyclic) bond motifs is 1. The molecule has 0 unspecified atom stereocenters. The second-order valence-corrected chi connectivity index (χ2v) is 7.48. The smallest absolute Gasteiger partial charge is 0.407 e. The van der Waals surface area contributed by atoms with Gasteiger partial charge in [-0.25, -0.2) is 4.79 Å². The predicted molar refractivity (Wildman–Crippen MR) is 111 cm³/mol. The maximum absolute atomic E-state index is 12.4. The molecule has 156 valence electrons. The Balaban J connectivity index is 1.76. The summed E-state index contributed by atoms with van der Waals surface area (Å²) in [5.41, 5.74) is 1.49. The maximum atomic E-state index is 12.4. The molecule has 0 aromatic heterocycles. The van der Waals surface area contributed by atoms with Crippen LogP contribution in [0.1, 0.15) is 31.1 Å². The van der Waals surface area contributed by atoms with Crippen LogP contribution in [0, 0.1) is 0 Å².